The van der Waals surface area contributed by atoms with Gasteiger partial charge in [0.2, 0.25) is 5.91 Å². The number of ether oxygens (including phenoxy) is 2. The second-order valence-electron chi connectivity index (χ2n) is 5.07. The molecule has 24 heavy (non-hydrogen) atoms. The molecule has 0 radical (unpaired) electrons. The monoisotopic (exact) mass is 343 g/mol. The molecule has 5 heteroatoms. The lowest BCUT2D eigenvalue weighted by molar-refractivity contribution is -0.126. The molecule has 1 amide bonds. The number of carbonyl (C=O) groups excluding carboxylic acids is 1. The van der Waals surface area contributed by atoms with Crippen molar-refractivity contribution >= 4 is 23.3 Å². The van der Waals surface area contributed by atoms with Crippen LogP contribution in [0.25, 0.3) is 6.08 Å². The topological polar surface area (TPSA) is 38.8 Å². The van der Waals surface area contributed by atoms with Gasteiger partial charge in [-0.3, -0.25) is 4.79 Å². The molecular formula is C19H21NO3S. The minimum Gasteiger partial charge on any atom is -0.497 e. The molecule has 0 atom stereocenters. The fourth-order valence-corrected chi connectivity index (χ4v) is 2.90. The van der Waals surface area contributed by atoms with E-state index in [0.29, 0.717) is 24.6 Å². The summed E-state index contributed by atoms with van der Waals surface area (Å²) < 4.78 is 10.5. The molecule has 0 aliphatic carbocycles. The molecule has 1 aromatic carbocycles. The third kappa shape index (κ3) is 4.99. The van der Waals surface area contributed by atoms with Crippen LogP contribution in [0, 0.1) is 0 Å². The maximum absolute atomic E-state index is 12.5. The molecule has 0 spiro atoms. The van der Waals surface area contributed by atoms with Crippen LogP contribution in [0.2, 0.25) is 0 Å². The number of nitrogens with zero attached hydrogens (tertiary/aromatic N) is 1. The van der Waals surface area contributed by atoms with Crippen LogP contribution in [0.5, 0.6) is 11.5 Å². The SMILES string of the molecule is C=CCN(Cc1cccs1)C(=O)/C=C/c1cc(OC)cc(OC)c1. The first-order valence-corrected chi connectivity index (χ1v) is 8.37. The van der Waals surface area contributed by atoms with Crippen LogP contribution in [-0.2, 0) is 11.3 Å². The van der Waals surface area contributed by atoms with Crippen molar-refractivity contribution < 1.29 is 14.3 Å². The molecule has 0 unspecified atom stereocenters. The highest BCUT2D eigenvalue weighted by Gasteiger charge is 2.10. The molecule has 2 aromatic rings. The molecule has 0 fully saturated rings. The standard InChI is InChI=1S/C19H21NO3S/c1-4-9-20(14-18-6-5-10-24-18)19(21)8-7-15-11-16(22-2)13-17(12-15)23-3/h4-8,10-13H,1,9,14H2,2-3H3/b8-7+. The minimum absolute atomic E-state index is 0.0647. The van der Waals surface area contributed by atoms with Gasteiger partial charge in [0.15, 0.2) is 0 Å². The van der Waals surface area contributed by atoms with E-state index in [1.54, 1.807) is 54.8 Å². The Morgan fingerprint density at radius 2 is 1.96 bits per heavy atom. The Labute approximate surface area is 146 Å². The lowest BCUT2D eigenvalue weighted by Gasteiger charge is -2.18. The highest BCUT2D eigenvalue weighted by molar-refractivity contribution is 7.09. The predicted octanol–water partition coefficient (Wildman–Crippen LogP) is 3.99. The average Bonchev–Trinajstić information content (AvgIpc) is 3.12. The summed E-state index contributed by atoms with van der Waals surface area (Å²) in [4.78, 5) is 15.4. The summed E-state index contributed by atoms with van der Waals surface area (Å²) in [6, 6.07) is 9.49. The highest BCUT2D eigenvalue weighted by Crippen LogP contribution is 2.23. The molecule has 0 saturated heterocycles. The van der Waals surface area contributed by atoms with Crippen molar-refractivity contribution in [2.24, 2.45) is 0 Å². The van der Waals surface area contributed by atoms with E-state index in [-0.39, 0.29) is 5.91 Å². The van der Waals surface area contributed by atoms with E-state index >= 15 is 0 Å². The first kappa shape index (κ1) is 17.8. The Morgan fingerprint density at radius 3 is 2.50 bits per heavy atom. The van der Waals surface area contributed by atoms with Crippen molar-refractivity contribution in [1.29, 1.82) is 0 Å². The number of hydrogen-bond donors (Lipinski definition) is 0. The van der Waals surface area contributed by atoms with Crippen molar-refractivity contribution in [3.8, 4) is 11.5 Å². The van der Waals surface area contributed by atoms with Gasteiger partial charge in [-0.05, 0) is 35.2 Å². The third-order valence-corrected chi connectivity index (χ3v) is 4.24. The fourth-order valence-electron chi connectivity index (χ4n) is 2.18. The zero-order valence-electron chi connectivity index (χ0n) is 13.9. The number of carbonyl (C=O) groups is 1. The van der Waals surface area contributed by atoms with E-state index in [1.165, 1.54) is 0 Å². The zero-order chi connectivity index (χ0) is 17.4. The Balaban J connectivity index is 2.13. The van der Waals surface area contributed by atoms with Crippen LogP contribution in [0.15, 0.2) is 54.4 Å². The maximum atomic E-state index is 12.5. The first-order valence-electron chi connectivity index (χ1n) is 7.49. The van der Waals surface area contributed by atoms with Crippen molar-refractivity contribution in [3.05, 3.63) is 64.9 Å². The fraction of sp³-hybridized carbons (Fsp3) is 0.211. The largest absolute Gasteiger partial charge is 0.497 e. The average molecular weight is 343 g/mol. The first-order chi connectivity index (χ1) is 11.7. The van der Waals surface area contributed by atoms with E-state index in [0.717, 1.165) is 10.4 Å². The molecule has 1 aromatic heterocycles. The van der Waals surface area contributed by atoms with Crippen LogP contribution in [-0.4, -0.2) is 31.6 Å². The molecular weight excluding hydrogens is 322 g/mol. The van der Waals surface area contributed by atoms with Gasteiger partial charge < -0.3 is 14.4 Å². The molecule has 0 aliphatic heterocycles. The Bertz CT molecular complexity index is 685. The predicted molar refractivity (Wildman–Crippen MR) is 98.5 cm³/mol. The van der Waals surface area contributed by atoms with Crippen LogP contribution in [0.1, 0.15) is 10.4 Å². The lowest BCUT2D eigenvalue weighted by atomic mass is 10.2. The van der Waals surface area contributed by atoms with Crippen LogP contribution in [0.4, 0.5) is 0 Å². The van der Waals surface area contributed by atoms with E-state index in [2.05, 4.69) is 6.58 Å². The number of rotatable bonds is 8. The van der Waals surface area contributed by atoms with Gasteiger partial charge in [0.1, 0.15) is 11.5 Å². The van der Waals surface area contributed by atoms with Gasteiger partial charge in [-0.15, -0.1) is 17.9 Å². The molecule has 0 bridgehead atoms. The molecule has 1 heterocycles. The second-order valence-corrected chi connectivity index (χ2v) is 6.10. The molecule has 0 N–H and O–H groups in total. The number of amides is 1. The molecule has 0 saturated carbocycles. The summed E-state index contributed by atoms with van der Waals surface area (Å²) in [6.07, 6.45) is 5.05. The summed E-state index contributed by atoms with van der Waals surface area (Å²) in [7, 11) is 3.19. The van der Waals surface area contributed by atoms with Crippen LogP contribution < -0.4 is 9.47 Å². The second kappa shape index (κ2) is 8.93. The molecule has 2 rings (SSSR count). The summed E-state index contributed by atoms with van der Waals surface area (Å²) in [5.41, 5.74) is 0.842. The van der Waals surface area contributed by atoms with Crippen molar-refractivity contribution in [2.45, 2.75) is 6.54 Å². The van der Waals surface area contributed by atoms with Crippen molar-refractivity contribution in [1.82, 2.24) is 4.90 Å². The van der Waals surface area contributed by atoms with Crippen molar-refractivity contribution in [3.63, 3.8) is 0 Å². The Morgan fingerprint density at radius 1 is 1.25 bits per heavy atom. The third-order valence-electron chi connectivity index (χ3n) is 3.38. The smallest absolute Gasteiger partial charge is 0.247 e. The van der Waals surface area contributed by atoms with Crippen LogP contribution in [0.3, 0.4) is 0 Å². The van der Waals surface area contributed by atoms with Gasteiger partial charge in [0.05, 0.1) is 20.8 Å². The van der Waals surface area contributed by atoms with Gasteiger partial charge in [0.25, 0.3) is 0 Å². The number of benzene rings is 1. The van der Waals surface area contributed by atoms with E-state index in [1.807, 2.05) is 29.6 Å². The molecule has 0 aliphatic rings. The summed E-state index contributed by atoms with van der Waals surface area (Å²) in [6.45, 7) is 4.81. The summed E-state index contributed by atoms with van der Waals surface area (Å²) >= 11 is 1.63. The van der Waals surface area contributed by atoms with Crippen LogP contribution >= 0.6 is 11.3 Å². The Hall–Kier alpha value is -2.53. The quantitative estimate of drug-likeness (QED) is 0.537. The highest BCUT2D eigenvalue weighted by atomic mass is 32.1. The minimum atomic E-state index is -0.0647. The van der Waals surface area contributed by atoms with Gasteiger partial charge in [-0.1, -0.05) is 12.1 Å². The lowest BCUT2D eigenvalue weighted by Crippen LogP contribution is -2.28. The van der Waals surface area contributed by atoms with E-state index in [9.17, 15) is 4.79 Å². The number of methoxy groups -OCH3 is 2. The normalized spacial score (nSPS) is 10.6. The van der Waals surface area contributed by atoms with Gasteiger partial charge >= 0.3 is 0 Å². The summed E-state index contributed by atoms with van der Waals surface area (Å²) in [5.74, 6) is 1.30. The number of hydrogen-bond acceptors (Lipinski definition) is 4. The molecule has 126 valence electrons. The number of thiophene rings is 1. The maximum Gasteiger partial charge on any atom is 0.247 e. The molecule has 4 nitrogen and oxygen atoms in total. The van der Waals surface area contributed by atoms with Gasteiger partial charge in [-0.2, -0.15) is 0 Å². The van der Waals surface area contributed by atoms with E-state index < -0.39 is 0 Å². The Kier molecular flexibility index (Phi) is 6.63. The van der Waals surface area contributed by atoms with Crippen molar-refractivity contribution in [2.75, 3.05) is 20.8 Å². The van der Waals surface area contributed by atoms with Gasteiger partial charge in [-0.25, -0.2) is 0 Å². The van der Waals surface area contributed by atoms with Gasteiger partial charge in [0, 0.05) is 23.6 Å². The summed E-state index contributed by atoms with van der Waals surface area (Å²) in [5, 5.41) is 2.00. The van der Waals surface area contributed by atoms with E-state index in [4.69, 9.17) is 9.47 Å². The zero-order valence-corrected chi connectivity index (χ0v) is 14.7.